The molecule has 1 aromatic rings. The Morgan fingerprint density at radius 2 is 2.22 bits per heavy atom. The van der Waals surface area contributed by atoms with Crippen LogP contribution in [0.5, 0.6) is 0 Å². The number of nitrogens with one attached hydrogen (secondary N) is 1. The summed E-state index contributed by atoms with van der Waals surface area (Å²) in [5, 5.41) is 13.9. The van der Waals surface area contributed by atoms with Crippen LogP contribution in [0, 0.1) is 17.0 Å². The van der Waals surface area contributed by atoms with Crippen LogP contribution < -0.4 is 5.32 Å². The summed E-state index contributed by atoms with van der Waals surface area (Å²) in [5.74, 6) is 0.0261. The third kappa shape index (κ3) is 2.27. The molecule has 1 saturated heterocycles. The van der Waals surface area contributed by atoms with E-state index in [1.54, 1.807) is 31.0 Å². The number of likely N-dealkylation sites (N-methyl/N-ethyl adjacent to an activating group) is 1. The van der Waals surface area contributed by atoms with Gasteiger partial charge in [0.2, 0.25) is 5.91 Å². The quantitative estimate of drug-likeness (QED) is 0.651. The number of anilines is 1. The molecule has 0 bridgehead atoms. The van der Waals surface area contributed by atoms with E-state index in [1.807, 2.05) is 0 Å². The van der Waals surface area contributed by atoms with Crippen LogP contribution in [0.1, 0.15) is 12.0 Å². The van der Waals surface area contributed by atoms with Gasteiger partial charge in [-0.2, -0.15) is 0 Å². The van der Waals surface area contributed by atoms with Crippen molar-refractivity contribution in [2.75, 3.05) is 18.9 Å². The fourth-order valence-electron chi connectivity index (χ4n) is 2.05. The van der Waals surface area contributed by atoms with Gasteiger partial charge in [-0.05, 0) is 19.4 Å². The summed E-state index contributed by atoms with van der Waals surface area (Å²) in [6, 6.07) is 4.63. The maximum atomic E-state index is 11.7. The second-order valence-electron chi connectivity index (χ2n) is 4.50. The Bertz CT molecular complexity index is 501. The van der Waals surface area contributed by atoms with Crippen LogP contribution in [-0.2, 0) is 4.79 Å². The van der Waals surface area contributed by atoms with Gasteiger partial charge in [0.15, 0.2) is 0 Å². The lowest BCUT2D eigenvalue weighted by Crippen LogP contribution is -2.30. The van der Waals surface area contributed by atoms with E-state index in [1.165, 1.54) is 6.07 Å². The largest absolute Gasteiger partial charge is 0.373 e. The fourth-order valence-corrected chi connectivity index (χ4v) is 2.05. The Labute approximate surface area is 105 Å². The summed E-state index contributed by atoms with van der Waals surface area (Å²) in [7, 11) is 1.75. The van der Waals surface area contributed by atoms with Crippen LogP contribution >= 0.6 is 0 Å². The first-order chi connectivity index (χ1) is 8.49. The van der Waals surface area contributed by atoms with E-state index in [4.69, 9.17) is 0 Å². The minimum atomic E-state index is -0.414. The molecule has 0 spiro atoms. The molecule has 6 heteroatoms. The summed E-state index contributed by atoms with van der Waals surface area (Å²) in [6.45, 7) is 2.40. The summed E-state index contributed by atoms with van der Waals surface area (Å²) in [4.78, 5) is 23.8. The minimum absolute atomic E-state index is 0.0261. The smallest absolute Gasteiger partial charge is 0.274 e. The van der Waals surface area contributed by atoms with Crippen LogP contribution in [0.3, 0.4) is 0 Å². The zero-order valence-electron chi connectivity index (χ0n) is 10.3. The van der Waals surface area contributed by atoms with E-state index in [-0.39, 0.29) is 17.6 Å². The van der Waals surface area contributed by atoms with Gasteiger partial charge in [0.25, 0.3) is 5.69 Å². The molecule has 18 heavy (non-hydrogen) atoms. The van der Waals surface area contributed by atoms with Crippen LogP contribution in [-0.4, -0.2) is 35.4 Å². The number of likely N-dealkylation sites (tertiary alicyclic amines) is 1. The van der Waals surface area contributed by atoms with Gasteiger partial charge in [-0.1, -0.05) is 6.07 Å². The molecule has 0 aliphatic carbocycles. The van der Waals surface area contributed by atoms with Crippen molar-refractivity contribution in [3.63, 3.8) is 0 Å². The lowest BCUT2D eigenvalue weighted by molar-refractivity contribution is -0.385. The predicted molar refractivity (Wildman–Crippen MR) is 67.5 cm³/mol. The molecule has 2 rings (SSSR count). The van der Waals surface area contributed by atoms with Crippen molar-refractivity contribution in [3.05, 3.63) is 33.9 Å². The van der Waals surface area contributed by atoms with Crippen LogP contribution in [0.25, 0.3) is 0 Å². The molecule has 0 saturated carbocycles. The number of nitro benzene ring substituents is 1. The number of benzene rings is 1. The molecule has 1 aliphatic rings. The molecule has 6 nitrogen and oxygen atoms in total. The molecule has 1 fully saturated rings. The van der Waals surface area contributed by atoms with E-state index in [9.17, 15) is 14.9 Å². The molecule has 1 aliphatic heterocycles. The Hall–Kier alpha value is -2.11. The number of nitrogens with zero attached hydrogens (tertiary/aromatic N) is 2. The molecular formula is C12H15N3O3. The first-order valence-corrected chi connectivity index (χ1v) is 5.75. The number of nitro groups is 1. The standard InChI is InChI=1S/C12H15N3O3/c1-8-3-4-9(7-11(8)15(17)18)13-10-5-6-14(2)12(10)16/h3-4,7,10,13H,5-6H2,1-2H3. The van der Waals surface area contributed by atoms with Gasteiger partial charge in [0.05, 0.1) is 4.92 Å². The van der Waals surface area contributed by atoms with E-state index in [0.29, 0.717) is 17.8 Å². The van der Waals surface area contributed by atoms with Crippen LogP contribution in [0.4, 0.5) is 11.4 Å². The van der Waals surface area contributed by atoms with Gasteiger partial charge < -0.3 is 10.2 Å². The van der Waals surface area contributed by atoms with Crippen molar-refractivity contribution < 1.29 is 9.72 Å². The molecule has 1 unspecified atom stereocenters. The van der Waals surface area contributed by atoms with E-state index >= 15 is 0 Å². The summed E-state index contributed by atoms with van der Waals surface area (Å²) in [6.07, 6.45) is 0.719. The number of rotatable bonds is 3. The van der Waals surface area contributed by atoms with Crippen LogP contribution in [0.15, 0.2) is 18.2 Å². The van der Waals surface area contributed by atoms with E-state index < -0.39 is 4.92 Å². The SMILES string of the molecule is Cc1ccc(NC2CCN(C)C2=O)cc1[N+](=O)[O-]. The molecule has 0 radical (unpaired) electrons. The number of carbonyl (C=O) groups excluding carboxylic acids is 1. The van der Waals surface area contributed by atoms with E-state index in [0.717, 1.165) is 6.42 Å². The first kappa shape index (κ1) is 12.3. The Kier molecular flexibility index (Phi) is 3.18. The van der Waals surface area contributed by atoms with Crippen molar-refractivity contribution in [2.24, 2.45) is 0 Å². The second-order valence-corrected chi connectivity index (χ2v) is 4.50. The third-order valence-electron chi connectivity index (χ3n) is 3.17. The maximum Gasteiger partial charge on any atom is 0.274 e. The van der Waals surface area contributed by atoms with E-state index in [2.05, 4.69) is 5.32 Å². The summed E-state index contributed by atoms with van der Waals surface area (Å²) < 4.78 is 0. The average Bonchev–Trinajstić information content (AvgIpc) is 2.63. The molecule has 1 atom stereocenters. The molecule has 1 N–H and O–H groups in total. The molecule has 96 valence electrons. The van der Waals surface area contributed by atoms with Crippen molar-refractivity contribution >= 4 is 17.3 Å². The lowest BCUT2D eigenvalue weighted by Gasteiger charge is -2.13. The number of amides is 1. The number of aryl methyl sites for hydroxylation is 1. The summed E-state index contributed by atoms with van der Waals surface area (Å²) in [5.41, 5.74) is 1.29. The Morgan fingerprint density at radius 3 is 2.78 bits per heavy atom. The predicted octanol–water partition coefficient (Wildman–Crippen LogP) is 1.55. The van der Waals surface area contributed by atoms with Gasteiger partial charge in [-0.25, -0.2) is 0 Å². The lowest BCUT2D eigenvalue weighted by atomic mass is 10.1. The van der Waals surface area contributed by atoms with Crippen molar-refractivity contribution in [2.45, 2.75) is 19.4 Å². The second kappa shape index (κ2) is 4.64. The monoisotopic (exact) mass is 249 g/mol. The van der Waals surface area contributed by atoms with Crippen LogP contribution in [0.2, 0.25) is 0 Å². The highest BCUT2D eigenvalue weighted by Crippen LogP contribution is 2.24. The number of hydrogen-bond acceptors (Lipinski definition) is 4. The third-order valence-corrected chi connectivity index (χ3v) is 3.17. The molecular weight excluding hydrogens is 234 g/mol. The fraction of sp³-hybridized carbons (Fsp3) is 0.417. The van der Waals surface area contributed by atoms with Crippen molar-refractivity contribution in [1.29, 1.82) is 0 Å². The average molecular weight is 249 g/mol. The van der Waals surface area contributed by atoms with Gasteiger partial charge >= 0.3 is 0 Å². The molecule has 0 aromatic heterocycles. The van der Waals surface area contributed by atoms with Gasteiger partial charge in [-0.15, -0.1) is 0 Å². The van der Waals surface area contributed by atoms with Gasteiger partial charge in [0, 0.05) is 30.9 Å². The minimum Gasteiger partial charge on any atom is -0.373 e. The first-order valence-electron chi connectivity index (χ1n) is 5.75. The number of carbonyl (C=O) groups is 1. The zero-order chi connectivity index (χ0) is 13.3. The Balaban J connectivity index is 2.18. The maximum absolute atomic E-state index is 11.7. The van der Waals surface area contributed by atoms with Gasteiger partial charge in [0.1, 0.15) is 6.04 Å². The normalized spacial score (nSPS) is 19.1. The van der Waals surface area contributed by atoms with Crippen molar-refractivity contribution in [3.8, 4) is 0 Å². The van der Waals surface area contributed by atoms with Crippen molar-refractivity contribution in [1.82, 2.24) is 4.90 Å². The molecule has 1 heterocycles. The highest BCUT2D eigenvalue weighted by molar-refractivity contribution is 5.86. The molecule has 1 aromatic carbocycles. The number of hydrogen-bond donors (Lipinski definition) is 1. The zero-order valence-corrected chi connectivity index (χ0v) is 10.3. The highest BCUT2D eigenvalue weighted by atomic mass is 16.6. The summed E-state index contributed by atoms with van der Waals surface area (Å²) >= 11 is 0. The molecule has 1 amide bonds. The Morgan fingerprint density at radius 1 is 1.50 bits per heavy atom. The highest BCUT2D eigenvalue weighted by Gasteiger charge is 2.29. The topological polar surface area (TPSA) is 75.5 Å². The van der Waals surface area contributed by atoms with Gasteiger partial charge in [-0.3, -0.25) is 14.9 Å².